The lowest BCUT2D eigenvalue weighted by atomic mass is 10.1. The van der Waals surface area contributed by atoms with Gasteiger partial charge < -0.3 is 10.2 Å². The molecule has 1 aliphatic heterocycles. The molecule has 0 aliphatic carbocycles. The highest BCUT2D eigenvalue weighted by atomic mass is 19.4. The molecule has 1 aromatic carbocycles. The van der Waals surface area contributed by atoms with Gasteiger partial charge in [0.25, 0.3) is 0 Å². The van der Waals surface area contributed by atoms with E-state index in [1.165, 1.54) is 16.0 Å². The SMILES string of the molecule is CCNC(=NCCc1ccc(C)cc1)N1CCC(CN(CC)CC(F)(F)F)C1. The van der Waals surface area contributed by atoms with Gasteiger partial charge in [-0.05, 0) is 44.7 Å². The summed E-state index contributed by atoms with van der Waals surface area (Å²) in [5.41, 5.74) is 2.51. The van der Waals surface area contributed by atoms with E-state index >= 15 is 0 Å². The van der Waals surface area contributed by atoms with Crippen LogP contribution in [0.1, 0.15) is 31.4 Å². The Morgan fingerprint density at radius 2 is 1.96 bits per heavy atom. The average molecular weight is 399 g/mol. The van der Waals surface area contributed by atoms with E-state index in [1.807, 2.05) is 6.92 Å². The molecule has 28 heavy (non-hydrogen) atoms. The minimum atomic E-state index is -4.14. The van der Waals surface area contributed by atoms with Crippen molar-refractivity contribution in [3.8, 4) is 0 Å². The average Bonchev–Trinajstić information content (AvgIpc) is 3.09. The summed E-state index contributed by atoms with van der Waals surface area (Å²) in [5, 5.41) is 3.33. The third-order valence-corrected chi connectivity index (χ3v) is 5.07. The molecule has 0 bridgehead atoms. The number of hydrogen-bond donors (Lipinski definition) is 1. The lowest BCUT2D eigenvalue weighted by molar-refractivity contribution is -0.146. The van der Waals surface area contributed by atoms with Crippen LogP contribution in [0, 0.1) is 12.8 Å². The molecular weight excluding hydrogens is 365 g/mol. The van der Waals surface area contributed by atoms with Crippen LogP contribution in [0.25, 0.3) is 0 Å². The van der Waals surface area contributed by atoms with E-state index in [-0.39, 0.29) is 5.92 Å². The van der Waals surface area contributed by atoms with Crippen molar-refractivity contribution < 1.29 is 13.2 Å². The van der Waals surface area contributed by atoms with Gasteiger partial charge in [0, 0.05) is 32.7 Å². The highest BCUT2D eigenvalue weighted by molar-refractivity contribution is 5.80. The number of alkyl halides is 3. The lowest BCUT2D eigenvalue weighted by Crippen LogP contribution is -2.42. The summed E-state index contributed by atoms with van der Waals surface area (Å²) in [4.78, 5) is 8.43. The van der Waals surface area contributed by atoms with Gasteiger partial charge in [0.2, 0.25) is 0 Å². The Labute approximate surface area is 166 Å². The fraction of sp³-hybridized carbons (Fsp3) is 0.667. The van der Waals surface area contributed by atoms with Crippen molar-refractivity contribution >= 4 is 5.96 Å². The first-order chi connectivity index (χ1) is 13.3. The van der Waals surface area contributed by atoms with Crippen molar-refractivity contribution in [2.45, 2.75) is 39.8 Å². The molecule has 1 unspecified atom stereocenters. The van der Waals surface area contributed by atoms with Gasteiger partial charge in [-0.15, -0.1) is 0 Å². The number of rotatable bonds is 8. The van der Waals surface area contributed by atoms with Crippen LogP contribution in [-0.2, 0) is 6.42 Å². The molecule has 1 aliphatic rings. The van der Waals surface area contributed by atoms with Crippen LogP contribution in [-0.4, -0.2) is 67.7 Å². The Bertz CT molecular complexity index is 613. The van der Waals surface area contributed by atoms with Crippen LogP contribution >= 0.6 is 0 Å². The molecule has 1 heterocycles. The number of aryl methyl sites for hydroxylation is 1. The van der Waals surface area contributed by atoms with E-state index in [9.17, 15) is 13.2 Å². The van der Waals surface area contributed by atoms with Crippen LogP contribution in [0.4, 0.5) is 13.2 Å². The number of nitrogens with one attached hydrogen (secondary N) is 1. The molecule has 4 nitrogen and oxygen atoms in total. The van der Waals surface area contributed by atoms with Gasteiger partial charge >= 0.3 is 6.18 Å². The van der Waals surface area contributed by atoms with Crippen molar-refractivity contribution in [1.82, 2.24) is 15.1 Å². The summed E-state index contributed by atoms with van der Waals surface area (Å²) in [5.74, 6) is 1.11. The predicted molar refractivity (Wildman–Crippen MR) is 109 cm³/mol. The minimum absolute atomic E-state index is 0.239. The van der Waals surface area contributed by atoms with E-state index in [2.05, 4.69) is 41.4 Å². The standard InChI is InChI=1S/C21H33F3N4/c1-4-25-20(26-12-10-18-8-6-17(3)7-9-18)28-13-11-19(15-28)14-27(5-2)16-21(22,23)24/h6-9,19H,4-5,10-16H2,1-3H3,(H,25,26). The number of aliphatic imine (C=N–C) groups is 1. The third-order valence-electron chi connectivity index (χ3n) is 5.07. The fourth-order valence-corrected chi connectivity index (χ4v) is 3.57. The van der Waals surface area contributed by atoms with Gasteiger partial charge in [-0.1, -0.05) is 36.8 Å². The zero-order chi connectivity index (χ0) is 20.6. The molecule has 2 rings (SSSR count). The molecule has 1 atom stereocenters. The fourth-order valence-electron chi connectivity index (χ4n) is 3.57. The minimum Gasteiger partial charge on any atom is -0.357 e. The highest BCUT2D eigenvalue weighted by Gasteiger charge is 2.32. The highest BCUT2D eigenvalue weighted by Crippen LogP contribution is 2.21. The van der Waals surface area contributed by atoms with E-state index in [4.69, 9.17) is 4.99 Å². The zero-order valence-corrected chi connectivity index (χ0v) is 17.2. The number of nitrogens with zero attached hydrogens (tertiary/aromatic N) is 3. The van der Waals surface area contributed by atoms with Crippen molar-refractivity contribution in [3.05, 3.63) is 35.4 Å². The molecule has 0 saturated carbocycles. The topological polar surface area (TPSA) is 30.9 Å². The van der Waals surface area contributed by atoms with Gasteiger partial charge in [-0.25, -0.2) is 0 Å². The molecule has 1 fully saturated rings. The number of likely N-dealkylation sites (tertiary alicyclic amines) is 1. The van der Waals surface area contributed by atoms with E-state index < -0.39 is 12.7 Å². The summed E-state index contributed by atoms with van der Waals surface area (Å²) in [6.07, 6.45) is -2.36. The van der Waals surface area contributed by atoms with E-state index in [0.717, 1.165) is 38.4 Å². The summed E-state index contributed by atoms with van der Waals surface area (Å²) < 4.78 is 38.1. The van der Waals surface area contributed by atoms with Gasteiger partial charge in [0.15, 0.2) is 5.96 Å². The quantitative estimate of drug-likeness (QED) is 0.535. The molecule has 1 saturated heterocycles. The van der Waals surface area contributed by atoms with Gasteiger partial charge in [-0.3, -0.25) is 9.89 Å². The Balaban J connectivity index is 1.88. The molecule has 7 heteroatoms. The molecule has 0 spiro atoms. The van der Waals surface area contributed by atoms with Gasteiger partial charge in [-0.2, -0.15) is 13.2 Å². The smallest absolute Gasteiger partial charge is 0.357 e. The maximum absolute atomic E-state index is 12.7. The van der Waals surface area contributed by atoms with Gasteiger partial charge in [0.05, 0.1) is 6.54 Å². The summed E-state index contributed by atoms with van der Waals surface area (Å²) >= 11 is 0. The predicted octanol–water partition coefficient (Wildman–Crippen LogP) is 3.71. The molecule has 1 N–H and O–H groups in total. The monoisotopic (exact) mass is 398 g/mol. The second-order valence-electron chi connectivity index (χ2n) is 7.51. The maximum atomic E-state index is 12.7. The normalized spacial score (nSPS) is 18.2. The van der Waals surface area contributed by atoms with E-state index in [0.29, 0.717) is 19.6 Å². The molecule has 0 amide bonds. The second-order valence-corrected chi connectivity index (χ2v) is 7.51. The summed E-state index contributed by atoms with van der Waals surface area (Å²) in [6, 6.07) is 8.47. The van der Waals surface area contributed by atoms with Crippen LogP contribution < -0.4 is 5.32 Å². The summed E-state index contributed by atoms with van der Waals surface area (Å²) in [6.45, 7) is 9.03. The first kappa shape index (κ1) is 22.5. The van der Waals surface area contributed by atoms with Crippen molar-refractivity contribution in [2.24, 2.45) is 10.9 Å². The molecule has 0 radical (unpaired) electrons. The Kier molecular flexibility index (Phi) is 8.60. The zero-order valence-electron chi connectivity index (χ0n) is 17.2. The van der Waals surface area contributed by atoms with Crippen LogP contribution in [0.3, 0.4) is 0 Å². The van der Waals surface area contributed by atoms with Crippen LogP contribution in [0.15, 0.2) is 29.3 Å². The van der Waals surface area contributed by atoms with Gasteiger partial charge in [0.1, 0.15) is 0 Å². The summed E-state index contributed by atoms with van der Waals surface area (Å²) in [7, 11) is 0. The molecule has 1 aromatic rings. The van der Waals surface area contributed by atoms with Crippen LogP contribution in [0.5, 0.6) is 0 Å². The van der Waals surface area contributed by atoms with E-state index in [1.54, 1.807) is 6.92 Å². The number of hydrogen-bond acceptors (Lipinski definition) is 2. The molecular formula is C21H33F3N4. The number of benzene rings is 1. The van der Waals surface area contributed by atoms with Crippen molar-refractivity contribution in [2.75, 3.05) is 45.8 Å². The third kappa shape index (κ3) is 7.70. The van der Waals surface area contributed by atoms with Crippen molar-refractivity contribution in [3.63, 3.8) is 0 Å². The Morgan fingerprint density at radius 1 is 1.25 bits per heavy atom. The molecule has 0 aromatic heterocycles. The second kappa shape index (κ2) is 10.7. The molecule has 158 valence electrons. The number of halogens is 3. The number of guanidine groups is 1. The van der Waals surface area contributed by atoms with Crippen LogP contribution in [0.2, 0.25) is 0 Å². The lowest BCUT2D eigenvalue weighted by Gasteiger charge is -2.26. The Morgan fingerprint density at radius 3 is 2.57 bits per heavy atom. The van der Waals surface area contributed by atoms with Crippen molar-refractivity contribution in [1.29, 1.82) is 0 Å². The Hall–Kier alpha value is -1.76. The first-order valence-electron chi connectivity index (χ1n) is 10.2. The largest absolute Gasteiger partial charge is 0.401 e. The first-order valence-corrected chi connectivity index (χ1v) is 10.2. The maximum Gasteiger partial charge on any atom is 0.401 e.